The number of rotatable bonds is 5. The molecule has 2 rings (SSSR count). The van der Waals surface area contributed by atoms with Gasteiger partial charge < -0.3 is 15.2 Å². The smallest absolute Gasteiger partial charge is 0.329 e. The fraction of sp³-hybridized carbons (Fsp3) is 0.529. The number of ether oxygens (including phenoxy) is 1. The number of amides is 1. The zero-order valence-corrected chi connectivity index (χ0v) is 14.1. The van der Waals surface area contributed by atoms with Crippen molar-refractivity contribution in [1.82, 2.24) is 5.32 Å². The second-order valence-corrected chi connectivity index (χ2v) is 6.48. The highest BCUT2D eigenvalue weighted by Gasteiger charge is 2.47. The van der Waals surface area contributed by atoms with E-state index in [-0.39, 0.29) is 5.92 Å². The molecular weight excluding hydrogens is 318 g/mol. The van der Waals surface area contributed by atoms with Gasteiger partial charge in [-0.1, -0.05) is 31.9 Å². The number of aliphatic carboxylic acids is 1. The van der Waals surface area contributed by atoms with Gasteiger partial charge in [0.05, 0.1) is 7.11 Å². The summed E-state index contributed by atoms with van der Waals surface area (Å²) in [6.45, 7) is 1.87. The van der Waals surface area contributed by atoms with Gasteiger partial charge in [-0.05, 0) is 36.5 Å². The van der Waals surface area contributed by atoms with Gasteiger partial charge in [0.15, 0.2) is 0 Å². The van der Waals surface area contributed by atoms with Crippen molar-refractivity contribution in [1.29, 1.82) is 0 Å². The van der Waals surface area contributed by atoms with Gasteiger partial charge in [-0.15, -0.1) is 11.6 Å². The number of alkyl halides is 1. The molecule has 6 heteroatoms. The van der Waals surface area contributed by atoms with E-state index >= 15 is 0 Å². The van der Waals surface area contributed by atoms with Crippen molar-refractivity contribution >= 4 is 23.5 Å². The first-order valence-electron chi connectivity index (χ1n) is 7.74. The first-order chi connectivity index (χ1) is 10.9. The molecule has 0 bridgehead atoms. The molecule has 0 aliphatic heterocycles. The monoisotopic (exact) mass is 339 g/mol. The Hall–Kier alpha value is -1.75. The lowest BCUT2D eigenvalue weighted by atomic mass is 9.73. The van der Waals surface area contributed by atoms with Gasteiger partial charge in [-0.3, -0.25) is 4.79 Å². The molecule has 1 aromatic rings. The Kier molecular flexibility index (Phi) is 5.52. The third-order valence-electron chi connectivity index (χ3n) is 4.67. The summed E-state index contributed by atoms with van der Waals surface area (Å²) in [6, 6.07) is 6.84. The molecule has 0 saturated heterocycles. The van der Waals surface area contributed by atoms with Gasteiger partial charge in [0.1, 0.15) is 16.7 Å². The first-order valence-corrected chi connectivity index (χ1v) is 8.18. The Morgan fingerprint density at radius 1 is 1.35 bits per heavy atom. The fourth-order valence-corrected chi connectivity index (χ4v) is 3.31. The molecule has 0 aromatic heterocycles. The number of carbonyl (C=O) groups excluding carboxylic acids is 1. The molecule has 5 nitrogen and oxygen atoms in total. The van der Waals surface area contributed by atoms with Gasteiger partial charge in [-0.25, -0.2) is 4.79 Å². The third-order valence-corrected chi connectivity index (χ3v) is 5.12. The molecule has 2 N–H and O–H groups in total. The summed E-state index contributed by atoms with van der Waals surface area (Å²) in [4.78, 5) is 24.3. The predicted molar refractivity (Wildman–Crippen MR) is 87.7 cm³/mol. The molecule has 0 spiro atoms. The lowest BCUT2D eigenvalue weighted by molar-refractivity contribution is -0.152. The van der Waals surface area contributed by atoms with Crippen molar-refractivity contribution in [2.75, 3.05) is 7.11 Å². The molecule has 0 heterocycles. The third kappa shape index (κ3) is 3.61. The zero-order chi connectivity index (χ0) is 17.0. The molecular formula is C17H22ClNO4. The molecule has 23 heavy (non-hydrogen) atoms. The van der Waals surface area contributed by atoms with Crippen molar-refractivity contribution in [3.63, 3.8) is 0 Å². The second-order valence-electron chi connectivity index (χ2n) is 6.05. The number of hydrogen-bond donors (Lipinski definition) is 2. The topological polar surface area (TPSA) is 75.6 Å². The molecule has 1 saturated carbocycles. The Morgan fingerprint density at radius 2 is 2.00 bits per heavy atom. The maximum absolute atomic E-state index is 12.5. The number of carbonyl (C=O) groups is 2. The molecule has 1 aliphatic carbocycles. The lowest BCUT2D eigenvalue weighted by Crippen LogP contribution is -2.60. The molecule has 3 unspecified atom stereocenters. The summed E-state index contributed by atoms with van der Waals surface area (Å²) < 4.78 is 5.07. The fourth-order valence-electron chi connectivity index (χ4n) is 3.11. The minimum Gasteiger partial charge on any atom is -0.497 e. The minimum atomic E-state index is -1.23. The van der Waals surface area contributed by atoms with Crippen molar-refractivity contribution in [2.45, 2.75) is 43.5 Å². The highest BCUT2D eigenvalue weighted by atomic mass is 35.5. The van der Waals surface area contributed by atoms with E-state index in [2.05, 4.69) is 5.32 Å². The van der Waals surface area contributed by atoms with Crippen LogP contribution in [0.4, 0.5) is 0 Å². The van der Waals surface area contributed by atoms with E-state index in [0.717, 1.165) is 19.3 Å². The SMILES string of the molecule is COc1ccc(C(Cl)C(=O)NC2(C(=O)O)CCCCC2C)cc1. The van der Waals surface area contributed by atoms with E-state index in [9.17, 15) is 14.7 Å². The molecule has 1 aromatic carbocycles. The van der Waals surface area contributed by atoms with Gasteiger partial charge in [0, 0.05) is 0 Å². The largest absolute Gasteiger partial charge is 0.497 e. The normalized spacial score (nSPS) is 25.4. The van der Waals surface area contributed by atoms with E-state index in [1.54, 1.807) is 31.4 Å². The standard InChI is InChI=1S/C17H22ClNO4/c1-11-5-3-4-10-17(11,16(21)22)19-15(20)14(18)12-6-8-13(23-2)9-7-12/h6-9,11,14H,3-5,10H2,1-2H3,(H,19,20)(H,21,22). The van der Waals surface area contributed by atoms with Crippen molar-refractivity contribution in [3.05, 3.63) is 29.8 Å². The number of methoxy groups -OCH3 is 1. The predicted octanol–water partition coefficient (Wildman–Crippen LogP) is 3.12. The number of carboxylic acids is 1. The van der Waals surface area contributed by atoms with Gasteiger partial charge >= 0.3 is 5.97 Å². The Balaban J connectivity index is 2.16. The van der Waals surface area contributed by atoms with Gasteiger partial charge in [0.2, 0.25) is 5.91 Å². The van der Waals surface area contributed by atoms with Crippen molar-refractivity contribution < 1.29 is 19.4 Å². The van der Waals surface area contributed by atoms with Gasteiger partial charge in [0.25, 0.3) is 0 Å². The van der Waals surface area contributed by atoms with Crippen molar-refractivity contribution in [2.24, 2.45) is 5.92 Å². The second kappa shape index (κ2) is 7.21. The van der Waals surface area contributed by atoms with Crippen LogP contribution in [0.25, 0.3) is 0 Å². The Bertz CT molecular complexity index is 574. The van der Waals surface area contributed by atoms with Crippen LogP contribution in [0.2, 0.25) is 0 Å². The summed E-state index contributed by atoms with van der Waals surface area (Å²) in [5.74, 6) is -0.928. The van der Waals surface area contributed by atoms with Crippen LogP contribution in [0.1, 0.15) is 43.5 Å². The van der Waals surface area contributed by atoms with E-state index in [1.165, 1.54) is 0 Å². The summed E-state index contributed by atoms with van der Waals surface area (Å²) in [6.07, 6.45) is 2.98. The van der Waals surface area contributed by atoms with Crippen LogP contribution in [0.15, 0.2) is 24.3 Å². The lowest BCUT2D eigenvalue weighted by Gasteiger charge is -2.40. The van der Waals surface area contributed by atoms with E-state index in [0.29, 0.717) is 17.7 Å². The summed E-state index contributed by atoms with van der Waals surface area (Å²) in [5.41, 5.74) is -0.622. The van der Waals surface area contributed by atoms with E-state index < -0.39 is 22.8 Å². The molecule has 0 radical (unpaired) electrons. The maximum atomic E-state index is 12.5. The Labute approximate surface area is 141 Å². The van der Waals surface area contributed by atoms with Crippen LogP contribution in [0, 0.1) is 5.92 Å². The molecule has 3 atom stereocenters. The van der Waals surface area contributed by atoms with Crippen LogP contribution in [0.5, 0.6) is 5.75 Å². The van der Waals surface area contributed by atoms with E-state index in [4.69, 9.17) is 16.3 Å². The number of hydrogen-bond acceptors (Lipinski definition) is 3. The first kappa shape index (κ1) is 17.6. The minimum absolute atomic E-state index is 0.127. The quantitative estimate of drug-likeness (QED) is 0.808. The number of benzene rings is 1. The molecule has 126 valence electrons. The highest BCUT2D eigenvalue weighted by Crippen LogP contribution is 2.35. The molecule has 1 fully saturated rings. The van der Waals surface area contributed by atoms with Crippen LogP contribution in [-0.2, 0) is 9.59 Å². The van der Waals surface area contributed by atoms with Crippen LogP contribution in [-0.4, -0.2) is 29.6 Å². The van der Waals surface area contributed by atoms with Gasteiger partial charge in [-0.2, -0.15) is 0 Å². The van der Waals surface area contributed by atoms with Crippen molar-refractivity contribution in [3.8, 4) is 5.75 Å². The van der Waals surface area contributed by atoms with Crippen LogP contribution in [0.3, 0.4) is 0 Å². The highest BCUT2D eigenvalue weighted by molar-refractivity contribution is 6.31. The zero-order valence-electron chi connectivity index (χ0n) is 13.3. The summed E-state index contributed by atoms with van der Waals surface area (Å²) in [5, 5.41) is 11.4. The number of halogens is 1. The number of nitrogens with one attached hydrogen (secondary N) is 1. The average molecular weight is 340 g/mol. The molecule has 1 aliphatic rings. The average Bonchev–Trinajstić information content (AvgIpc) is 2.56. The Morgan fingerprint density at radius 3 is 2.52 bits per heavy atom. The summed E-state index contributed by atoms with van der Waals surface area (Å²) >= 11 is 6.24. The molecule has 1 amide bonds. The number of carboxylic acid groups (broad SMARTS) is 1. The summed E-state index contributed by atoms with van der Waals surface area (Å²) in [7, 11) is 1.56. The van der Waals surface area contributed by atoms with Crippen LogP contribution < -0.4 is 10.1 Å². The van der Waals surface area contributed by atoms with E-state index in [1.807, 2.05) is 6.92 Å². The maximum Gasteiger partial charge on any atom is 0.329 e. The van der Waals surface area contributed by atoms with Crippen LogP contribution >= 0.6 is 11.6 Å².